The Morgan fingerprint density at radius 3 is 2.33 bits per heavy atom. The number of Topliss-reactive ketones (excluding diaryl/α,β-unsaturated/α-hetero) is 2. The van der Waals surface area contributed by atoms with Gasteiger partial charge in [-0.25, -0.2) is 0 Å². The molecule has 1 aliphatic rings. The zero-order chi connectivity index (χ0) is 19.4. The van der Waals surface area contributed by atoms with E-state index in [1.54, 1.807) is 24.3 Å². The summed E-state index contributed by atoms with van der Waals surface area (Å²) in [6, 6.07) is 15.3. The van der Waals surface area contributed by atoms with Gasteiger partial charge in [-0.05, 0) is 54.8 Å². The average Bonchev–Trinajstić information content (AvgIpc) is 2.67. The van der Waals surface area contributed by atoms with Gasteiger partial charge in [0, 0.05) is 55.0 Å². The largest absolute Gasteiger partial charge is 0.378 e. The summed E-state index contributed by atoms with van der Waals surface area (Å²) in [5.74, 6) is 0.218. The summed E-state index contributed by atoms with van der Waals surface area (Å²) in [7, 11) is 4.00. The predicted molar refractivity (Wildman–Crippen MR) is 111 cm³/mol. The maximum Gasteiger partial charge on any atom is 0.163 e. The van der Waals surface area contributed by atoms with Crippen molar-refractivity contribution in [3.8, 4) is 0 Å². The fourth-order valence-electron chi connectivity index (χ4n) is 3.90. The number of anilines is 1. The van der Waals surface area contributed by atoms with Crippen molar-refractivity contribution in [2.45, 2.75) is 38.0 Å². The van der Waals surface area contributed by atoms with Crippen molar-refractivity contribution in [3.05, 3.63) is 64.7 Å². The van der Waals surface area contributed by atoms with Crippen LogP contribution in [0.2, 0.25) is 5.02 Å². The fourth-order valence-corrected chi connectivity index (χ4v) is 4.03. The van der Waals surface area contributed by atoms with Crippen molar-refractivity contribution >= 4 is 28.9 Å². The molecule has 0 saturated heterocycles. The fraction of sp³-hybridized carbons (Fsp3) is 0.391. The second-order valence-electron chi connectivity index (χ2n) is 7.55. The second-order valence-corrected chi connectivity index (χ2v) is 7.98. The molecule has 0 spiro atoms. The quantitative estimate of drug-likeness (QED) is 0.616. The molecule has 1 saturated carbocycles. The molecule has 2 aromatic rings. The maximum atomic E-state index is 12.9. The number of carbonyl (C=O) groups excluding carboxylic acids is 2. The SMILES string of the molecule is CN(C)c1ccc([C@H](CC(=O)c2ccc(Cl)cc2)[C@H]2CCCCC2=O)cc1. The average molecular weight is 384 g/mol. The molecule has 2 aromatic carbocycles. The molecule has 4 heteroatoms. The van der Waals surface area contributed by atoms with Crippen LogP contribution in [0.4, 0.5) is 5.69 Å². The van der Waals surface area contributed by atoms with Gasteiger partial charge in [0.15, 0.2) is 5.78 Å². The van der Waals surface area contributed by atoms with E-state index in [4.69, 9.17) is 11.6 Å². The molecule has 2 atom stereocenters. The van der Waals surface area contributed by atoms with Crippen LogP contribution in [0.3, 0.4) is 0 Å². The topological polar surface area (TPSA) is 37.4 Å². The molecule has 3 rings (SSSR count). The van der Waals surface area contributed by atoms with Crippen molar-refractivity contribution in [2.75, 3.05) is 19.0 Å². The molecule has 0 N–H and O–H groups in total. The zero-order valence-corrected chi connectivity index (χ0v) is 16.7. The number of halogens is 1. The van der Waals surface area contributed by atoms with Crippen LogP contribution in [0.1, 0.15) is 53.9 Å². The van der Waals surface area contributed by atoms with Gasteiger partial charge in [0.2, 0.25) is 0 Å². The predicted octanol–water partition coefficient (Wildman–Crippen LogP) is 5.52. The summed E-state index contributed by atoms with van der Waals surface area (Å²) in [5, 5.41) is 0.616. The summed E-state index contributed by atoms with van der Waals surface area (Å²) in [4.78, 5) is 27.6. The summed E-state index contributed by atoms with van der Waals surface area (Å²) in [5.41, 5.74) is 2.83. The summed E-state index contributed by atoms with van der Waals surface area (Å²) in [6.07, 6.45) is 3.86. The van der Waals surface area contributed by atoms with Crippen molar-refractivity contribution in [3.63, 3.8) is 0 Å². The minimum absolute atomic E-state index is 0.0618. The lowest BCUT2D eigenvalue weighted by Gasteiger charge is -2.29. The molecular formula is C23H26ClNO2. The Labute approximate surface area is 166 Å². The van der Waals surface area contributed by atoms with Crippen LogP contribution in [0.5, 0.6) is 0 Å². The molecule has 142 valence electrons. The Kier molecular flexibility index (Phi) is 6.33. The minimum atomic E-state index is -0.0720. The van der Waals surface area contributed by atoms with Crippen LogP contribution in [0.15, 0.2) is 48.5 Å². The van der Waals surface area contributed by atoms with Crippen LogP contribution in [0, 0.1) is 5.92 Å². The number of benzene rings is 2. The van der Waals surface area contributed by atoms with Crippen LogP contribution in [-0.4, -0.2) is 25.7 Å². The summed E-state index contributed by atoms with van der Waals surface area (Å²) in [6.45, 7) is 0. The number of nitrogens with zero attached hydrogens (tertiary/aromatic N) is 1. The molecule has 1 fully saturated rings. The lowest BCUT2D eigenvalue weighted by atomic mass is 9.73. The highest BCUT2D eigenvalue weighted by molar-refractivity contribution is 6.30. The van der Waals surface area contributed by atoms with E-state index < -0.39 is 0 Å². The van der Waals surface area contributed by atoms with Crippen molar-refractivity contribution < 1.29 is 9.59 Å². The highest BCUT2D eigenvalue weighted by Gasteiger charge is 2.33. The molecule has 27 heavy (non-hydrogen) atoms. The molecule has 0 amide bonds. The Balaban J connectivity index is 1.88. The van der Waals surface area contributed by atoms with E-state index in [2.05, 4.69) is 24.3 Å². The van der Waals surface area contributed by atoms with Crippen LogP contribution in [-0.2, 0) is 4.79 Å². The number of rotatable bonds is 6. The highest BCUT2D eigenvalue weighted by Crippen LogP contribution is 2.37. The van der Waals surface area contributed by atoms with E-state index >= 15 is 0 Å². The maximum absolute atomic E-state index is 12.9. The molecule has 0 bridgehead atoms. The smallest absolute Gasteiger partial charge is 0.163 e. The van der Waals surface area contributed by atoms with Crippen LogP contribution < -0.4 is 4.90 Å². The third-order valence-corrected chi connectivity index (χ3v) is 5.75. The summed E-state index contributed by atoms with van der Waals surface area (Å²) < 4.78 is 0. The van der Waals surface area contributed by atoms with Crippen molar-refractivity contribution in [1.29, 1.82) is 0 Å². The summed E-state index contributed by atoms with van der Waals surface area (Å²) >= 11 is 5.94. The highest BCUT2D eigenvalue weighted by atomic mass is 35.5. The van der Waals surface area contributed by atoms with Gasteiger partial charge in [-0.2, -0.15) is 0 Å². The third-order valence-electron chi connectivity index (χ3n) is 5.50. The molecule has 0 aliphatic heterocycles. The minimum Gasteiger partial charge on any atom is -0.378 e. The number of hydrogen-bond acceptors (Lipinski definition) is 3. The van der Waals surface area contributed by atoms with Gasteiger partial charge in [-0.3, -0.25) is 9.59 Å². The third kappa shape index (κ3) is 4.78. The molecule has 3 nitrogen and oxygen atoms in total. The van der Waals surface area contributed by atoms with E-state index in [9.17, 15) is 9.59 Å². The van der Waals surface area contributed by atoms with Gasteiger partial charge in [0.05, 0.1) is 0 Å². The van der Waals surface area contributed by atoms with Crippen molar-refractivity contribution in [2.24, 2.45) is 5.92 Å². The van der Waals surface area contributed by atoms with E-state index in [0.717, 1.165) is 30.5 Å². The van der Waals surface area contributed by atoms with Gasteiger partial charge in [0.1, 0.15) is 5.78 Å². The van der Waals surface area contributed by atoms with E-state index in [1.807, 2.05) is 19.0 Å². The van der Waals surface area contributed by atoms with E-state index in [1.165, 1.54) is 0 Å². The molecule has 0 heterocycles. The van der Waals surface area contributed by atoms with E-state index in [-0.39, 0.29) is 17.6 Å². The first-order chi connectivity index (χ1) is 13.0. The van der Waals surface area contributed by atoms with Gasteiger partial charge in [0.25, 0.3) is 0 Å². The number of hydrogen-bond donors (Lipinski definition) is 0. The first-order valence-electron chi connectivity index (χ1n) is 9.54. The van der Waals surface area contributed by atoms with Gasteiger partial charge >= 0.3 is 0 Å². The molecule has 1 aliphatic carbocycles. The Morgan fingerprint density at radius 1 is 1.07 bits per heavy atom. The first-order valence-corrected chi connectivity index (χ1v) is 9.92. The Morgan fingerprint density at radius 2 is 1.74 bits per heavy atom. The zero-order valence-electron chi connectivity index (χ0n) is 16.0. The van der Waals surface area contributed by atoms with Crippen molar-refractivity contribution in [1.82, 2.24) is 0 Å². The molecule has 0 radical (unpaired) electrons. The van der Waals surface area contributed by atoms with E-state index in [0.29, 0.717) is 29.2 Å². The second kappa shape index (κ2) is 8.71. The standard InChI is InChI=1S/C23H26ClNO2/c1-25(2)19-13-9-16(10-14-19)21(20-5-3-4-6-22(20)26)15-23(27)17-7-11-18(24)12-8-17/h7-14,20-21H,3-6,15H2,1-2H3/t20-,21+/m1/s1. The lowest BCUT2D eigenvalue weighted by Crippen LogP contribution is -2.27. The Bertz CT molecular complexity index is 796. The molecule has 0 aromatic heterocycles. The Hall–Kier alpha value is -2.13. The molecular weight excluding hydrogens is 358 g/mol. The van der Waals surface area contributed by atoms with Gasteiger partial charge < -0.3 is 4.90 Å². The van der Waals surface area contributed by atoms with Crippen LogP contribution >= 0.6 is 11.6 Å². The monoisotopic (exact) mass is 383 g/mol. The van der Waals surface area contributed by atoms with Gasteiger partial charge in [-0.1, -0.05) is 30.2 Å². The van der Waals surface area contributed by atoms with Gasteiger partial charge in [-0.15, -0.1) is 0 Å². The first kappa shape index (κ1) is 19.6. The normalized spacial score (nSPS) is 18.2. The molecule has 0 unspecified atom stereocenters. The number of ketones is 2. The lowest BCUT2D eigenvalue weighted by molar-refractivity contribution is -0.125. The number of carbonyl (C=O) groups is 2. The van der Waals surface area contributed by atoms with Crippen LogP contribution in [0.25, 0.3) is 0 Å².